The van der Waals surface area contributed by atoms with E-state index in [9.17, 15) is 8.78 Å². The summed E-state index contributed by atoms with van der Waals surface area (Å²) in [7, 11) is 0. The maximum absolute atomic E-state index is 11.8. The van der Waals surface area contributed by atoms with Gasteiger partial charge in [-0.3, -0.25) is 0 Å². The molecule has 0 aliphatic heterocycles. The fourth-order valence-corrected chi connectivity index (χ4v) is 1.22. The number of ether oxygens (including phenoxy) is 1. The lowest BCUT2D eigenvalue weighted by atomic mass is 10.4. The smallest absolute Gasteiger partial charge is 0.272 e. The lowest BCUT2D eigenvalue weighted by Gasteiger charge is -2.05. The topological polar surface area (TPSA) is 35.0 Å². The van der Waals surface area contributed by atoms with Crippen LogP contribution >= 0.6 is 15.9 Å². The van der Waals surface area contributed by atoms with E-state index in [1.807, 2.05) is 6.92 Å². The predicted octanol–water partition coefficient (Wildman–Crippen LogP) is 2.45. The van der Waals surface area contributed by atoms with Gasteiger partial charge in [-0.2, -0.15) is 4.98 Å². The Kier molecular flexibility index (Phi) is 4.19. The zero-order valence-electron chi connectivity index (χ0n) is 7.51. The highest BCUT2D eigenvalue weighted by Gasteiger charge is 2.06. The lowest BCUT2D eigenvalue weighted by Crippen LogP contribution is -2.09. The third kappa shape index (κ3) is 3.53. The van der Waals surface area contributed by atoms with Crippen LogP contribution in [0.15, 0.2) is 10.7 Å². The Hall–Kier alpha value is -0.780. The SMILES string of the molecule is CCc1nc(Br)cc(OCC(F)F)n1. The second-order valence-electron chi connectivity index (χ2n) is 2.50. The van der Waals surface area contributed by atoms with Crippen LogP contribution < -0.4 is 4.74 Å². The third-order valence-corrected chi connectivity index (χ3v) is 1.80. The zero-order valence-corrected chi connectivity index (χ0v) is 9.09. The van der Waals surface area contributed by atoms with Crippen molar-refractivity contribution >= 4 is 15.9 Å². The molecule has 78 valence electrons. The second kappa shape index (κ2) is 5.19. The fraction of sp³-hybridized carbons (Fsp3) is 0.500. The Labute approximate surface area is 88.6 Å². The molecule has 6 heteroatoms. The first kappa shape index (κ1) is 11.3. The van der Waals surface area contributed by atoms with E-state index in [-0.39, 0.29) is 5.88 Å². The number of alkyl halides is 2. The van der Waals surface area contributed by atoms with Crippen molar-refractivity contribution in [2.75, 3.05) is 6.61 Å². The molecule has 0 N–H and O–H groups in total. The first-order valence-corrected chi connectivity index (χ1v) is 4.85. The number of nitrogens with zero attached hydrogens (tertiary/aromatic N) is 2. The average molecular weight is 267 g/mol. The van der Waals surface area contributed by atoms with Gasteiger partial charge in [0.15, 0.2) is 6.61 Å². The molecule has 0 aliphatic rings. The van der Waals surface area contributed by atoms with Crippen molar-refractivity contribution < 1.29 is 13.5 Å². The van der Waals surface area contributed by atoms with Crippen LogP contribution in [0.2, 0.25) is 0 Å². The molecular weight excluding hydrogens is 258 g/mol. The molecule has 3 nitrogen and oxygen atoms in total. The van der Waals surface area contributed by atoms with Gasteiger partial charge in [-0.15, -0.1) is 0 Å². The first-order chi connectivity index (χ1) is 6.61. The van der Waals surface area contributed by atoms with Crippen molar-refractivity contribution in [2.45, 2.75) is 19.8 Å². The highest BCUT2D eigenvalue weighted by Crippen LogP contribution is 2.15. The maximum Gasteiger partial charge on any atom is 0.272 e. The van der Waals surface area contributed by atoms with Gasteiger partial charge in [0.25, 0.3) is 6.43 Å². The molecule has 14 heavy (non-hydrogen) atoms. The van der Waals surface area contributed by atoms with E-state index >= 15 is 0 Å². The van der Waals surface area contributed by atoms with Crippen molar-refractivity contribution in [3.05, 3.63) is 16.5 Å². The van der Waals surface area contributed by atoms with Crippen LogP contribution in [0.25, 0.3) is 0 Å². The normalized spacial score (nSPS) is 10.6. The maximum atomic E-state index is 11.8. The number of halogens is 3. The summed E-state index contributed by atoms with van der Waals surface area (Å²) < 4.78 is 28.9. The molecule has 0 bridgehead atoms. The molecule has 0 saturated carbocycles. The van der Waals surface area contributed by atoms with Gasteiger partial charge >= 0.3 is 0 Å². The number of aryl methyl sites for hydroxylation is 1. The van der Waals surface area contributed by atoms with Gasteiger partial charge in [0.1, 0.15) is 10.4 Å². The van der Waals surface area contributed by atoms with E-state index in [4.69, 9.17) is 4.74 Å². The summed E-state index contributed by atoms with van der Waals surface area (Å²) in [6.07, 6.45) is -1.86. The molecule has 0 aliphatic carbocycles. The monoisotopic (exact) mass is 266 g/mol. The van der Waals surface area contributed by atoms with Crippen LogP contribution in [0.4, 0.5) is 8.78 Å². The van der Waals surface area contributed by atoms with Crippen molar-refractivity contribution in [1.29, 1.82) is 0 Å². The van der Waals surface area contributed by atoms with E-state index < -0.39 is 13.0 Å². The van der Waals surface area contributed by atoms with Gasteiger partial charge in [-0.05, 0) is 15.9 Å². The number of hydrogen-bond donors (Lipinski definition) is 0. The summed E-state index contributed by atoms with van der Waals surface area (Å²) in [6, 6.07) is 1.46. The molecule has 1 heterocycles. The first-order valence-electron chi connectivity index (χ1n) is 4.06. The van der Waals surface area contributed by atoms with Crippen LogP contribution in [-0.4, -0.2) is 23.0 Å². The van der Waals surface area contributed by atoms with Crippen LogP contribution in [0.1, 0.15) is 12.7 Å². The molecule has 0 amide bonds. The highest BCUT2D eigenvalue weighted by atomic mass is 79.9. The molecular formula is C8H9BrF2N2O. The fourth-order valence-electron chi connectivity index (χ4n) is 0.822. The summed E-state index contributed by atoms with van der Waals surface area (Å²) in [5.74, 6) is 0.729. The predicted molar refractivity (Wildman–Crippen MR) is 50.6 cm³/mol. The van der Waals surface area contributed by atoms with Gasteiger partial charge in [0, 0.05) is 12.5 Å². The number of hydrogen-bond acceptors (Lipinski definition) is 3. The Morgan fingerprint density at radius 3 is 2.79 bits per heavy atom. The molecule has 0 saturated heterocycles. The van der Waals surface area contributed by atoms with Gasteiger partial charge in [0.05, 0.1) is 0 Å². The molecule has 1 aromatic rings. The van der Waals surface area contributed by atoms with E-state index in [1.165, 1.54) is 6.07 Å². The molecule has 0 fully saturated rings. The zero-order chi connectivity index (χ0) is 10.6. The van der Waals surface area contributed by atoms with Gasteiger partial charge in [-0.1, -0.05) is 6.92 Å². The summed E-state index contributed by atoms with van der Waals surface area (Å²) >= 11 is 3.14. The van der Waals surface area contributed by atoms with Crippen molar-refractivity contribution in [3.63, 3.8) is 0 Å². The molecule has 1 rings (SSSR count). The van der Waals surface area contributed by atoms with E-state index in [1.54, 1.807) is 0 Å². The molecule has 0 atom stereocenters. The van der Waals surface area contributed by atoms with Crippen LogP contribution in [-0.2, 0) is 6.42 Å². The van der Waals surface area contributed by atoms with Gasteiger partial charge in [0.2, 0.25) is 5.88 Å². The van der Waals surface area contributed by atoms with Crippen molar-refractivity contribution in [2.24, 2.45) is 0 Å². The molecule has 0 unspecified atom stereocenters. The number of aromatic nitrogens is 2. The minimum absolute atomic E-state index is 0.170. The summed E-state index contributed by atoms with van der Waals surface area (Å²) in [4.78, 5) is 7.94. The quantitative estimate of drug-likeness (QED) is 0.786. The minimum atomic E-state index is -2.49. The Morgan fingerprint density at radius 2 is 2.21 bits per heavy atom. The highest BCUT2D eigenvalue weighted by molar-refractivity contribution is 9.10. The van der Waals surface area contributed by atoms with Gasteiger partial charge in [-0.25, -0.2) is 13.8 Å². The standard InChI is InChI=1S/C8H9BrF2N2O/c1-2-7-12-5(9)3-8(13-7)14-4-6(10)11/h3,6H,2,4H2,1H3. The van der Waals surface area contributed by atoms with Crippen molar-refractivity contribution in [1.82, 2.24) is 9.97 Å². The average Bonchev–Trinajstić information content (AvgIpc) is 2.14. The van der Waals surface area contributed by atoms with E-state index in [0.29, 0.717) is 16.8 Å². The summed E-state index contributed by atoms with van der Waals surface area (Å²) in [5.41, 5.74) is 0. The number of rotatable bonds is 4. The molecule has 0 aromatic carbocycles. The minimum Gasteiger partial charge on any atom is -0.471 e. The second-order valence-corrected chi connectivity index (χ2v) is 3.31. The van der Waals surface area contributed by atoms with Crippen LogP contribution in [0, 0.1) is 0 Å². The summed E-state index contributed by atoms with van der Waals surface area (Å²) in [5, 5.41) is 0. The Morgan fingerprint density at radius 1 is 1.50 bits per heavy atom. The molecule has 0 spiro atoms. The van der Waals surface area contributed by atoms with Crippen LogP contribution in [0.3, 0.4) is 0 Å². The van der Waals surface area contributed by atoms with E-state index in [0.717, 1.165) is 0 Å². The third-order valence-electron chi connectivity index (χ3n) is 1.39. The Balaban J connectivity index is 2.71. The van der Waals surface area contributed by atoms with Crippen molar-refractivity contribution in [3.8, 4) is 5.88 Å². The Bertz CT molecular complexity index is 309. The van der Waals surface area contributed by atoms with Crippen LogP contribution in [0.5, 0.6) is 5.88 Å². The largest absolute Gasteiger partial charge is 0.471 e. The van der Waals surface area contributed by atoms with Gasteiger partial charge < -0.3 is 4.74 Å². The van der Waals surface area contributed by atoms with E-state index in [2.05, 4.69) is 25.9 Å². The summed E-state index contributed by atoms with van der Waals surface area (Å²) in [6.45, 7) is 1.23. The lowest BCUT2D eigenvalue weighted by molar-refractivity contribution is 0.0793. The molecule has 0 radical (unpaired) electrons. The molecule has 1 aromatic heterocycles.